The minimum atomic E-state index is 0.113. The summed E-state index contributed by atoms with van der Waals surface area (Å²) in [5.74, 6) is 0. The molecule has 68 valence electrons. The van der Waals surface area contributed by atoms with E-state index in [1.807, 2.05) is 0 Å². The van der Waals surface area contributed by atoms with Gasteiger partial charge in [0.15, 0.2) is 0 Å². The Bertz CT molecular complexity index is 173. The minimum Gasteiger partial charge on any atom is -0.314 e. The zero-order valence-corrected chi connectivity index (χ0v) is 7.88. The fraction of sp³-hybridized carbons (Fsp3) is 0.889. The Balaban J connectivity index is 2.53. The van der Waals surface area contributed by atoms with Crippen LogP contribution in [-0.4, -0.2) is 36.6 Å². The maximum absolute atomic E-state index is 8.88. The van der Waals surface area contributed by atoms with Gasteiger partial charge in [-0.15, -0.1) is 0 Å². The number of hydrogen-bond acceptors (Lipinski definition) is 3. The van der Waals surface area contributed by atoms with Crippen LogP contribution >= 0.6 is 0 Å². The van der Waals surface area contributed by atoms with E-state index >= 15 is 0 Å². The predicted molar refractivity (Wildman–Crippen MR) is 48.7 cm³/mol. The number of nitrogens with one attached hydrogen (secondary N) is 1. The fourth-order valence-corrected chi connectivity index (χ4v) is 1.72. The van der Waals surface area contributed by atoms with E-state index in [1.54, 1.807) is 0 Å². The molecule has 0 aromatic rings. The predicted octanol–water partition coefficient (Wildman–Crippen LogP) is 0.582. The van der Waals surface area contributed by atoms with E-state index in [0.717, 1.165) is 26.1 Å². The molecule has 2 atom stereocenters. The van der Waals surface area contributed by atoms with Gasteiger partial charge in [-0.3, -0.25) is 4.90 Å². The molecular weight excluding hydrogens is 150 g/mol. The molecule has 0 aliphatic carbocycles. The molecule has 1 heterocycles. The lowest BCUT2D eigenvalue weighted by atomic mass is 10.1. The van der Waals surface area contributed by atoms with Crippen LogP contribution in [0.3, 0.4) is 0 Å². The molecule has 2 unspecified atom stereocenters. The molecule has 1 N–H and O–H groups in total. The van der Waals surface area contributed by atoms with Crippen LogP contribution in [0.2, 0.25) is 0 Å². The summed E-state index contributed by atoms with van der Waals surface area (Å²) >= 11 is 0. The quantitative estimate of drug-likeness (QED) is 0.654. The second-order valence-electron chi connectivity index (χ2n) is 3.34. The van der Waals surface area contributed by atoms with E-state index < -0.39 is 0 Å². The summed E-state index contributed by atoms with van der Waals surface area (Å²) in [4.78, 5) is 2.29. The first-order valence-electron chi connectivity index (χ1n) is 4.65. The number of nitrogens with zero attached hydrogens (tertiary/aromatic N) is 2. The summed E-state index contributed by atoms with van der Waals surface area (Å²) in [7, 11) is 0. The average molecular weight is 167 g/mol. The number of hydrogen-bond donors (Lipinski definition) is 1. The lowest BCUT2D eigenvalue weighted by Gasteiger charge is -2.36. The molecule has 0 aromatic heterocycles. The van der Waals surface area contributed by atoms with Crippen LogP contribution < -0.4 is 5.32 Å². The van der Waals surface area contributed by atoms with Crippen molar-refractivity contribution in [2.45, 2.75) is 32.4 Å². The summed E-state index contributed by atoms with van der Waals surface area (Å²) in [6.45, 7) is 7.28. The van der Waals surface area contributed by atoms with Crippen molar-refractivity contribution in [2.75, 3.05) is 19.6 Å². The van der Waals surface area contributed by atoms with Crippen LogP contribution in [0.5, 0.6) is 0 Å². The SMILES string of the molecule is CCC(C#N)N1CCNCC1C. The third-order valence-electron chi connectivity index (χ3n) is 2.49. The summed E-state index contributed by atoms with van der Waals surface area (Å²) in [5, 5.41) is 12.2. The second-order valence-corrected chi connectivity index (χ2v) is 3.34. The van der Waals surface area contributed by atoms with Crippen molar-refractivity contribution in [1.29, 1.82) is 5.26 Å². The Labute approximate surface area is 74.4 Å². The van der Waals surface area contributed by atoms with Crippen LogP contribution in [0.1, 0.15) is 20.3 Å². The first-order chi connectivity index (χ1) is 5.79. The van der Waals surface area contributed by atoms with Crippen LogP contribution in [0.4, 0.5) is 0 Å². The molecular formula is C9H17N3. The van der Waals surface area contributed by atoms with E-state index in [4.69, 9.17) is 5.26 Å². The van der Waals surface area contributed by atoms with Crippen LogP contribution in [0.15, 0.2) is 0 Å². The lowest BCUT2D eigenvalue weighted by molar-refractivity contribution is 0.141. The Kier molecular flexibility index (Phi) is 3.51. The van der Waals surface area contributed by atoms with Crippen LogP contribution in [0.25, 0.3) is 0 Å². The third-order valence-corrected chi connectivity index (χ3v) is 2.49. The van der Waals surface area contributed by atoms with Gasteiger partial charge in [0.25, 0.3) is 0 Å². The molecule has 0 saturated carbocycles. The minimum absolute atomic E-state index is 0.113. The lowest BCUT2D eigenvalue weighted by Crippen LogP contribution is -2.53. The second kappa shape index (κ2) is 4.44. The monoisotopic (exact) mass is 167 g/mol. The Morgan fingerprint density at radius 1 is 1.75 bits per heavy atom. The summed E-state index contributed by atoms with van der Waals surface area (Å²) in [6.07, 6.45) is 0.931. The first-order valence-corrected chi connectivity index (χ1v) is 4.65. The molecule has 0 radical (unpaired) electrons. The molecule has 1 fully saturated rings. The third kappa shape index (κ3) is 1.96. The largest absolute Gasteiger partial charge is 0.314 e. The Morgan fingerprint density at radius 2 is 2.50 bits per heavy atom. The van der Waals surface area contributed by atoms with E-state index in [2.05, 4.69) is 30.1 Å². The molecule has 0 aromatic carbocycles. The molecule has 3 heteroatoms. The van der Waals surface area contributed by atoms with Gasteiger partial charge in [0.05, 0.1) is 12.1 Å². The highest BCUT2D eigenvalue weighted by Gasteiger charge is 2.23. The van der Waals surface area contributed by atoms with Gasteiger partial charge in [-0.2, -0.15) is 5.26 Å². The van der Waals surface area contributed by atoms with Gasteiger partial charge < -0.3 is 5.32 Å². The first kappa shape index (κ1) is 9.50. The highest BCUT2D eigenvalue weighted by molar-refractivity contribution is 4.94. The summed E-state index contributed by atoms with van der Waals surface area (Å²) in [6, 6.07) is 2.97. The average Bonchev–Trinajstić information content (AvgIpc) is 2.10. The molecule has 0 bridgehead atoms. The molecule has 1 rings (SSSR count). The summed E-state index contributed by atoms with van der Waals surface area (Å²) < 4.78 is 0. The maximum atomic E-state index is 8.88. The number of piperazine rings is 1. The fourth-order valence-electron chi connectivity index (χ4n) is 1.72. The van der Waals surface area contributed by atoms with Crippen molar-refractivity contribution in [2.24, 2.45) is 0 Å². The summed E-state index contributed by atoms with van der Waals surface area (Å²) in [5.41, 5.74) is 0. The van der Waals surface area contributed by atoms with Crippen molar-refractivity contribution < 1.29 is 0 Å². The van der Waals surface area contributed by atoms with Crippen LogP contribution in [-0.2, 0) is 0 Å². The van der Waals surface area contributed by atoms with Gasteiger partial charge in [-0.25, -0.2) is 0 Å². The van der Waals surface area contributed by atoms with Gasteiger partial charge in [-0.1, -0.05) is 6.92 Å². The van der Waals surface area contributed by atoms with Gasteiger partial charge in [0.2, 0.25) is 0 Å². The van der Waals surface area contributed by atoms with E-state index in [-0.39, 0.29) is 6.04 Å². The number of nitriles is 1. The Hall–Kier alpha value is -0.590. The van der Waals surface area contributed by atoms with Gasteiger partial charge >= 0.3 is 0 Å². The molecule has 1 aliphatic rings. The van der Waals surface area contributed by atoms with Crippen molar-refractivity contribution in [3.63, 3.8) is 0 Å². The van der Waals surface area contributed by atoms with Gasteiger partial charge in [-0.05, 0) is 13.3 Å². The van der Waals surface area contributed by atoms with Crippen molar-refractivity contribution >= 4 is 0 Å². The molecule has 12 heavy (non-hydrogen) atoms. The van der Waals surface area contributed by atoms with Crippen molar-refractivity contribution in [3.8, 4) is 6.07 Å². The molecule has 1 aliphatic heterocycles. The zero-order chi connectivity index (χ0) is 8.97. The maximum Gasteiger partial charge on any atom is 0.0978 e. The van der Waals surface area contributed by atoms with E-state index in [0.29, 0.717) is 6.04 Å². The highest BCUT2D eigenvalue weighted by Crippen LogP contribution is 2.09. The van der Waals surface area contributed by atoms with Crippen molar-refractivity contribution in [1.82, 2.24) is 10.2 Å². The molecule has 3 nitrogen and oxygen atoms in total. The van der Waals surface area contributed by atoms with Gasteiger partial charge in [0, 0.05) is 25.7 Å². The Morgan fingerprint density at radius 3 is 3.00 bits per heavy atom. The van der Waals surface area contributed by atoms with Crippen molar-refractivity contribution in [3.05, 3.63) is 0 Å². The topological polar surface area (TPSA) is 39.1 Å². The molecule has 0 amide bonds. The highest BCUT2D eigenvalue weighted by atomic mass is 15.2. The normalized spacial score (nSPS) is 27.9. The van der Waals surface area contributed by atoms with E-state index in [9.17, 15) is 0 Å². The zero-order valence-electron chi connectivity index (χ0n) is 7.88. The smallest absolute Gasteiger partial charge is 0.0978 e. The van der Waals surface area contributed by atoms with Gasteiger partial charge in [0.1, 0.15) is 0 Å². The molecule has 0 spiro atoms. The van der Waals surface area contributed by atoms with E-state index in [1.165, 1.54) is 0 Å². The van der Waals surface area contributed by atoms with Crippen LogP contribution in [0, 0.1) is 11.3 Å². The number of rotatable bonds is 2. The standard InChI is InChI=1S/C9H17N3/c1-3-9(6-10)12-5-4-11-7-8(12)2/h8-9,11H,3-5,7H2,1-2H3. The molecule has 1 saturated heterocycles.